The fourth-order valence-corrected chi connectivity index (χ4v) is 1.97. The van der Waals surface area contributed by atoms with E-state index in [2.05, 4.69) is 31.2 Å². The second kappa shape index (κ2) is 5.69. The minimum Gasteiger partial charge on any atom is -0.497 e. The van der Waals surface area contributed by atoms with Crippen molar-refractivity contribution >= 4 is 0 Å². The quantitative estimate of drug-likeness (QED) is 0.891. The lowest BCUT2D eigenvalue weighted by atomic mass is 9.99. The van der Waals surface area contributed by atoms with Crippen LogP contribution in [0.4, 0.5) is 0 Å². The van der Waals surface area contributed by atoms with Gasteiger partial charge in [-0.05, 0) is 36.6 Å². The summed E-state index contributed by atoms with van der Waals surface area (Å²) < 4.78 is 5.22. The Morgan fingerprint density at radius 2 is 1.83 bits per heavy atom. The van der Waals surface area contributed by atoms with E-state index in [9.17, 15) is 0 Å². The van der Waals surface area contributed by atoms with Gasteiger partial charge in [-0.25, -0.2) is 0 Å². The Hall–Kier alpha value is -1.80. The molecule has 1 unspecified atom stereocenters. The molecular formula is C16H19NO. The summed E-state index contributed by atoms with van der Waals surface area (Å²) in [5.41, 5.74) is 9.87. The Balaban J connectivity index is 2.11. The van der Waals surface area contributed by atoms with Gasteiger partial charge in [-0.15, -0.1) is 0 Å². The zero-order valence-electron chi connectivity index (χ0n) is 10.9. The van der Waals surface area contributed by atoms with Crippen molar-refractivity contribution in [2.75, 3.05) is 7.11 Å². The van der Waals surface area contributed by atoms with Gasteiger partial charge in [0.05, 0.1) is 7.11 Å². The highest BCUT2D eigenvalue weighted by atomic mass is 16.5. The summed E-state index contributed by atoms with van der Waals surface area (Å²) in [5, 5.41) is 0. The summed E-state index contributed by atoms with van der Waals surface area (Å²) in [6.07, 6.45) is 0.841. The van der Waals surface area contributed by atoms with Gasteiger partial charge >= 0.3 is 0 Å². The molecule has 0 aliphatic carbocycles. The van der Waals surface area contributed by atoms with Crippen molar-refractivity contribution in [1.29, 1.82) is 0 Å². The van der Waals surface area contributed by atoms with Crippen LogP contribution in [0, 0.1) is 6.92 Å². The van der Waals surface area contributed by atoms with Gasteiger partial charge in [0.1, 0.15) is 5.75 Å². The number of hydrogen-bond donors (Lipinski definition) is 1. The maximum Gasteiger partial charge on any atom is 0.119 e. The van der Waals surface area contributed by atoms with Crippen LogP contribution in [-0.4, -0.2) is 7.11 Å². The number of nitrogens with two attached hydrogens (primary N) is 1. The average molecular weight is 241 g/mol. The van der Waals surface area contributed by atoms with E-state index >= 15 is 0 Å². The van der Waals surface area contributed by atoms with E-state index in [0.29, 0.717) is 0 Å². The van der Waals surface area contributed by atoms with Crippen LogP contribution in [0.5, 0.6) is 5.75 Å². The van der Waals surface area contributed by atoms with Crippen LogP contribution < -0.4 is 10.5 Å². The van der Waals surface area contributed by atoms with Crippen LogP contribution in [0.15, 0.2) is 48.5 Å². The molecule has 0 spiro atoms. The molecular weight excluding hydrogens is 222 g/mol. The SMILES string of the molecule is COc1cccc(C(N)Cc2ccc(C)cc2)c1. The van der Waals surface area contributed by atoms with Gasteiger partial charge in [0.25, 0.3) is 0 Å². The number of ether oxygens (including phenoxy) is 1. The van der Waals surface area contributed by atoms with Crippen molar-refractivity contribution in [3.05, 3.63) is 65.2 Å². The van der Waals surface area contributed by atoms with E-state index in [1.807, 2.05) is 24.3 Å². The molecule has 2 N–H and O–H groups in total. The van der Waals surface area contributed by atoms with Gasteiger partial charge in [-0.2, -0.15) is 0 Å². The third-order valence-corrected chi connectivity index (χ3v) is 3.10. The van der Waals surface area contributed by atoms with Crippen LogP contribution in [0.1, 0.15) is 22.7 Å². The summed E-state index contributed by atoms with van der Waals surface area (Å²) in [6, 6.07) is 16.5. The topological polar surface area (TPSA) is 35.2 Å². The van der Waals surface area contributed by atoms with E-state index in [1.165, 1.54) is 11.1 Å². The first-order chi connectivity index (χ1) is 8.69. The van der Waals surface area contributed by atoms with E-state index in [-0.39, 0.29) is 6.04 Å². The molecule has 1 atom stereocenters. The first-order valence-electron chi connectivity index (χ1n) is 6.14. The molecule has 0 radical (unpaired) electrons. The lowest BCUT2D eigenvalue weighted by Gasteiger charge is -2.13. The molecule has 2 aromatic rings. The molecule has 0 fully saturated rings. The molecule has 18 heavy (non-hydrogen) atoms. The molecule has 2 heteroatoms. The minimum atomic E-state index is 0.00260. The molecule has 0 saturated carbocycles. The molecule has 2 rings (SSSR count). The highest BCUT2D eigenvalue weighted by molar-refractivity contribution is 5.32. The second-order valence-electron chi connectivity index (χ2n) is 4.57. The summed E-state index contributed by atoms with van der Waals surface area (Å²) in [5.74, 6) is 0.854. The van der Waals surface area contributed by atoms with Crippen LogP contribution >= 0.6 is 0 Å². The molecule has 2 aromatic carbocycles. The average Bonchev–Trinajstić information content (AvgIpc) is 2.41. The lowest BCUT2D eigenvalue weighted by Crippen LogP contribution is -2.13. The third-order valence-electron chi connectivity index (χ3n) is 3.10. The number of aryl methyl sites for hydroxylation is 1. The van der Waals surface area contributed by atoms with Crippen molar-refractivity contribution in [1.82, 2.24) is 0 Å². The first-order valence-corrected chi connectivity index (χ1v) is 6.14. The normalized spacial score (nSPS) is 12.2. The summed E-state index contributed by atoms with van der Waals surface area (Å²) >= 11 is 0. The van der Waals surface area contributed by atoms with Gasteiger partial charge in [-0.1, -0.05) is 42.0 Å². The maximum absolute atomic E-state index is 6.23. The number of hydrogen-bond acceptors (Lipinski definition) is 2. The minimum absolute atomic E-state index is 0.00260. The Morgan fingerprint density at radius 1 is 1.11 bits per heavy atom. The monoisotopic (exact) mass is 241 g/mol. The second-order valence-corrected chi connectivity index (χ2v) is 4.57. The van der Waals surface area contributed by atoms with Gasteiger partial charge in [0.15, 0.2) is 0 Å². The number of benzene rings is 2. The predicted molar refractivity (Wildman–Crippen MR) is 74.8 cm³/mol. The van der Waals surface area contributed by atoms with Crippen LogP contribution in [-0.2, 0) is 6.42 Å². The van der Waals surface area contributed by atoms with Crippen molar-refractivity contribution in [2.24, 2.45) is 5.73 Å². The summed E-state index contributed by atoms with van der Waals surface area (Å²) in [7, 11) is 1.67. The molecule has 0 amide bonds. The highest BCUT2D eigenvalue weighted by Gasteiger charge is 2.07. The Morgan fingerprint density at radius 3 is 2.50 bits per heavy atom. The first kappa shape index (κ1) is 12.7. The predicted octanol–water partition coefficient (Wildman–Crippen LogP) is 3.25. The van der Waals surface area contributed by atoms with Gasteiger partial charge in [0.2, 0.25) is 0 Å². The van der Waals surface area contributed by atoms with Gasteiger partial charge in [-0.3, -0.25) is 0 Å². The molecule has 2 nitrogen and oxygen atoms in total. The Bertz CT molecular complexity index is 505. The third kappa shape index (κ3) is 3.11. The van der Waals surface area contributed by atoms with Gasteiger partial charge in [0, 0.05) is 6.04 Å². The standard InChI is InChI=1S/C16H19NO/c1-12-6-8-13(9-7-12)10-16(17)14-4-3-5-15(11-14)18-2/h3-9,11,16H,10,17H2,1-2H3. The Labute approximate surface area is 108 Å². The molecule has 0 aromatic heterocycles. The van der Waals surface area contributed by atoms with Crippen LogP contribution in [0.25, 0.3) is 0 Å². The fraction of sp³-hybridized carbons (Fsp3) is 0.250. The molecule has 94 valence electrons. The molecule has 0 heterocycles. The van der Waals surface area contributed by atoms with Crippen LogP contribution in [0.2, 0.25) is 0 Å². The molecule has 0 bridgehead atoms. The van der Waals surface area contributed by atoms with E-state index in [4.69, 9.17) is 10.5 Å². The number of methoxy groups -OCH3 is 1. The largest absolute Gasteiger partial charge is 0.497 e. The van der Waals surface area contributed by atoms with Crippen molar-refractivity contribution in [3.63, 3.8) is 0 Å². The van der Waals surface area contributed by atoms with Crippen LogP contribution in [0.3, 0.4) is 0 Å². The van der Waals surface area contributed by atoms with Crippen molar-refractivity contribution < 1.29 is 4.74 Å². The van der Waals surface area contributed by atoms with E-state index in [0.717, 1.165) is 17.7 Å². The molecule has 0 aliphatic rings. The molecule has 0 saturated heterocycles. The smallest absolute Gasteiger partial charge is 0.119 e. The van der Waals surface area contributed by atoms with Crippen molar-refractivity contribution in [3.8, 4) is 5.75 Å². The zero-order valence-corrected chi connectivity index (χ0v) is 10.9. The summed E-state index contributed by atoms with van der Waals surface area (Å²) in [6.45, 7) is 2.09. The maximum atomic E-state index is 6.23. The molecule has 0 aliphatic heterocycles. The summed E-state index contributed by atoms with van der Waals surface area (Å²) in [4.78, 5) is 0. The van der Waals surface area contributed by atoms with Gasteiger partial charge < -0.3 is 10.5 Å². The highest BCUT2D eigenvalue weighted by Crippen LogP contribution is 2.20. The fourth-order valence-electron chi connectivity index (χ4n) is 1.97. The Kier molecular flexibility index (Phi) is 4.00. The van der Waals surface area contributed by atoms with E-state index in [1.54, 1.807) is 7.11 Å². The van der Waals surface area contributed by atoms with Crippen molar-refractivity contribution in [2.45, 2.75) is 19.4 Å². The number of rotatable bonds is 4. The zero-order chi connectivity index (χ0) is 13.0. The van der Waals surface area contributed by atoms with E-state index < -0.39 is 0 Å². The lowest BCUT2D eigenvalue weighted by molar-refractivity contribution is 0.414.